The minimum absolute atomic E-state index is 0.134. The second-order valence-electron chi connectivity index (χ2n) is 3.91. The van der Waals surface area contributed by atoms with E-state index in [0.29, 0.717) is 11.4 Å². The fourth-order valence-electron chi connectivity index (χ4n) is 1.28. The number of aliphatic hydroxyl groups is 1. The molecule has 1 rings (SSSR count). The lowest BCUT2D eigenvalue weighted by atomic mass is 10.2. The van der Waals surface area contributed by atoms with Crippen LogP contribution in [0.5, 0.6) is 0 Å². The van der Waals surface area contributed by atoms with E-state index >= 15 is 0 Å². The molecule has 0 aliphatic rings. The first kappa shape index (κ1) is 13.8. The number of nitrogens with zero attached hydrogens (tertiary/aromatic N) is 2. The summed E-state index contributed by atoms with van der Waals surface area (Å²) in [6.45, 7) is 1.47. The van der Waals surface area contributed by atoms with Gasteiger partial charge in [-0.2, -0.15) is 13.2 Å². The number of rotatable bonds is 4. The van der Waals surface area contributed by atoms with Crippen molar-refractivity contribution in [2.24, 2.45) is 0 Å². The van der Waals surface area contributed by atoms with Crippen LogP contribution in [-0.4, -0.2) is 29.9 Å². The van der Waals surface area contributed by atoms with Crippen molar-refractivity contribution in [3.63, 3.8) is 0 Å². The fraction of sp³-hybridized carbons (Fsp3) is 0.545. The molecule has 1 N–H and O–H groups in total. The summed E-state index contributed by atoms with van der Waals surface area (Å²) in [6.07, 6.45) is -4.20. The van der Waals surface area contributed by atoms with Gasteiger partial charge in [0.15, 0.2) is 0 Å². The maximum atomic E-state index is 12.0. The third-order valence-corrected chi connectivity index (χ3v) is 2.37. The van der Waals surface area contributed by atoms with E-state index in [2.05, 4.69) is 4.98 Å². The standard InChI is InChI=1S/C11H15F3N2O/c1-8(17)9-3-4-10(15-7-9)16(2)6-5-11(12,13)14/h3-4,7-8,17H,5-6H2,1-2H3. The molecule has 96 valence electrons. The van der Waals surface area contributed by atoms with Crippen molar-refractivity contribution in [1.82, 2.24) is 4.98 Å². The van der Waals surface area contributed by atoms with Gasteiger partial charge in [0.05, 0.1) is 12.5 Å². The molecule has 6 heteroatoms. The molecule has 0 aromatic carbocycles. The first-order chi connectivity index (χ1) is 7.79. The molecule has 1 aromatic heterocycles. The first-order valence-corrected chi connectivity index (χ1v) is 5.21. The van der Waals surface area contributed by atoms with Gasteiger partial charge < -0.3 is 10.0 Å². The molecule has 0 fully saturated rings. The SMILES string of the molecule is CC(O)c1ccc(N(C)CCC(F)(F)F)nc1. The van der Waals surface area contributed by atoms with Gasteiger partial charge in [-0.05, 0) is 18.6 Å². The van der Waals surface area contributed by atoms with Crippen LogP contribution < -0.4 is 4.90 Å². The van der Waals surface area contributed by atoms with E-state index < -0.39 is 18.7 Å². The van der Waals surface area contributed by atoms with Crippen LogP contribution in [0.1, 0.15) is 25.0 Å². The highest BCUT2D eigenvalue weighted by Crippen LogP contribution is 2.21. The quantitative estimate of drug-likeness (QED) is 0.889. The summed E-state index contributed by atoms with van der Waals surface area (Å²) < 4.78 is 36.1. The summed E-state index contributed by atoms with van der Waals surface area (Å²) in [5.41, 5.74) is 0.637. The lowest BCUT2D eigenvalue weighted by Gasteiger charge is -2.19. The smallest absolute Gasteiger partial charge is 0.389 e. The van der Waals surface area contributed by atoms with Gasteiger partial charge in [-0.15, -0.1) is 0 Å². The van der Waals surface area contributed by atoms with E-state index in [1.54, 1.807) is 26.1 Å². The lowest BCUT2D eigenvalue weighted by Crippen LogP contribution is -2.24. The summed E-state index contributed by atoms with van der Waals surface area (Å²) in [5.74, 6) is 0.457. The van der Waals surface area contributed by atoms with E-state index in [0.717, 1.165) is 0 Å². The van der Waals surface area contributed by atoms with Gasteiger partial charge in [0.2, 0.25) is 0 Å². The van der Waals surface area contributed by atoms with Crippen molar-refractivity contribution in [2.75, 3.05) is 18.5 Å². The van der Waals surface area contributed by atoms with Gasteiger partial charge >= 0.3 is 6.18 Å². The average molecular weight is 248 g/mol. The van der Waals surface area contributed by atoms with Crippen LogP contribution in [0.25, 0.3) is 0 Å². The molecule has 0 radical (unpaired) electrons. The Balaban J connectivity index is 2.60. The highest BCUT2D eigenvalue weighted by molar-refractivity contribution is 5.38. The number of hydrogen-bond donors (Lipinski definition) is 1. The zero-order chi connectivity index (χ0) is 13.1. The van der Waals surface area contributed by atoms with Crippen LogP contribution in [0, 0.1) is 0 Å². The Morgan fingerprint density at radius 1 is 1.41 bits per heavy atom. The molecule has 3 nitrogen and oxygen atoms in total. The molecule has 1 unspecified atom stereocenters. The Bertz CT molecular complexity index is 349. The van der Waals surface area contributed by atoms with Crippen molar-refractivity contribution in [3.8, 4) is 0 Å². The Morgan fingerprint density at radius 2 is 2.06 bits per heavy atom. The van der Waals surface area contributed by atoms with Gasteiger partial charge in [0.1, 0.15) is 5.82 Å². The molecule has 0 amide bonds. The number of halogens is 3. The van der Waals surface area contributed by atoms with Gasteiger partial charge in [0.25, 0.3) is 0 Å². The average Bonchev–Trinajstić information content (AvgIpc) is 2.25. The molecule has 1 heterocycles. The van der Waals surface area contributed by atoms with Gasteiger partial charge in [-0.3, -0.25) is 0 Å². The summed E-state index contributed by atoms with van der Waals surface area (Å²) in [7, 11) is 1.55. The molecule has 0 aliphatic carbocycles. The van der Waals surface area contributed by atoms with Crippen LogP contribution in [0.2, 0.25) is 0 Å². The molecular weight excluding hydrogens is 233 g/mol. The molecule has 0 spiro atoms. The van der Waals surface area contributed by atoms with Gasteiger partial charge in [0, 0.05) is 19.8 Å². The lowest BCUT2D eigenvalue weighted by molar-refractivity contribution is -0.132. The number of hydrogen-bond acceptors (Lipinski definition) is 3. The number of aromatic nitrogens is 1. The van der Waals surface area contributed by atoms with E-state index in [-0.39, 0.29) is 6.54 Å². The molecule has 0 saturated carbocycles. The predicted octanol–water partition coefficient (Wildman–Crippen LogP) is 2.52. The van der Waals surface area contributed by atoms with Crippen molar-refractivity contribution >= 4 is 5.82 Å². The van der Waals surface area contributed by atoms with Crippen molar-refractivity contribution < 1.29 is 18.3 Å². The zero-order valence-electron chi connectivity index (χ0n) is 9.70. The van der Waals surface area contributed by atoms with Gasteiger partial charge in [-0.1, -0.05) is 6.07 Å². The minimum atomic E-state index is -4.16. The maximum Gasteiger partial charge on any atom is 0.390 e. The van der Waals surface area contributed by atoms with Crippen LogP contribution in [-0.2, 0) is 0 Å². The summed E-state index contributed by atoms with van der Waals surface area (Å²) in [4.78, 5) is 5.43. The molecule has 17 heavy (non-hydrogen) atoms. The summed E-state index contributed by atoms with van der Waals surface area (Å²) in [6, 6.07) is 3.25. The topological polar surface area (TPSA) is 36.4 Å². The zero-order valence-corrected chi connectivity index (χ0v) is 9.70. The molecule has 0 saturated heterocycles. The Hall–Kier alpha value is -1.30. The number of alkyl halides is 3. The molecule has 1 aromatic rings. The third kappa shape index (κ3) is 4.60. The van der Waals surface area contributed by atoms with E-state index in [9.17, 15) is 18.3 Å². The normalized spacial score (nSPS) is 13.5. The summed E-state index contributed by atoms with van der Waals surface area (Å²) >= 11 is 0. The Morgan fingerprint density at radius 3 is 2.47 bits per heavy atom. The van der Waals surface area contributed by atoms with Crippen molar-refractivity contribution in [2.45, 2.75) is 25.6 Å². The number of pyridine rings is 1. The molecule has 0 bridgehead atoms. The van der Waals surface area contributed by atoms with E-state index in [1.165, 1.54) is 11.1 Å². The van der Waals surface area contributed by atoms with E-state index in [4.69, 9.17) is 0 Å². The van der Waals surface area contributed by atoms with Crippen LogP contribution >= 0.6 is 0 Å². The highest BCUT2D eigenvalue weighted by Gasteiger charge is 2.27. The third-order valence-electron chi connectivity index (χ3n) is 2.37. The van der Waals surface area contributed by atoms with Crippen molar-refractivity contribution in [1.29, 1.82) is 0 Å². The number of anilines is 1. The second kappa shape index (κ2) is 5.35. The Labute approximate surface area is 97.9 Å². The summed E-state index contributed by atoms with van der Waals surface area (Å²) in [5, 5.41) is 9.26. The molecule has 1 atom stereocenters. The predicted molar refractivity (Wildman–Crippen MR) is 58.8 cm³/mol. The largest absolute Gasteiger partial charge is 0.390 e. The van der Waals surface area contributed by atoms with Crippen molar-refractivity contribution in [3.05, 3.63) is 23.9 Å². The highest BCUT2D eigenvalue weighted by atomic mass is 19.4. The fourth-order valence-corrected chi connectivity index (χ4v) is 1.28. The second-order valence-corrected chi connectivity index (χ2v) is 3.91. The first-order valence-electron chi connectivity index (χ1n) is 5.21. The van der Waals surface area contributed by atoms with Crippen LogP contribution in [0.4, 0.5) is 19.0 Å². The number of aliphatic hydroxyl groups excluding tert-OH is 1. The monoisotopic (exact) mass is 248 g/mol. The molecular formula is C11H15F3N2O. The van der Waals surface area contributed by atoms with Gasteiger partial charge in [-0.25, -0.2) is 4.98 Å². The molecule has 0 aliphatic heterocycles. The van der Waals surface area contributed by atoms with E-state index in [1.807, 2.05) is 0 Å². The maximum absolute atomic E-state index is 12.0. The minimum Gasteiger partial charge on any atom is -0.389 e. The Kier molecular flexibility index (Phi) is 4.34. The van der Waals surface area contributed by atoms with Crippen LogP contribution in [0.15, 0.2) is 18.3 Å². The van der Waals surface area contributed by atoms with Crippen LogP contribution in [0.3, 0.4) is 0 Å².